The Hall–Kier alpha value is -5.96. The van der Waals surface area contributed by atoms with Gasteiger partial charge in [0.2, 0.25) is 0 Å². The quantitative estimate of drug-likeness (QED) is 0.183. The van der Waals surface area contributed by atoms with Crippen molar-refractivity contribution >= 4 is 64.1 Å². The fourth-order valence-corrected chi connectivity index (χ4v) is 8.56. The van der Waals surface area contributed by atoms with E-state index in [0.717, 1.165) is 5.69 Å². The molecule has 2 heteroatoms. The maximum Gasteiger partial charge on any atom is 0.0547 e. The smallest absolute Gasteiger partial charge is 0.0547 e. The van der Waals surface area contributed by atoms with Crippen LogP contribution in [0.1, 0.15) is 0 Å². The van der Waals surface area contributed by atoms with Crippen molar-refractivity contribution in [2.24, 2.45) is 0 Å². The molecule has 10 aromatic rings. The zero-order chi connectivity index (χ0) is 31.6. The van der Waals surface area contributed by atoms with Crippen LogP contribution in [0.4, 0.5) is 0 Å². The van der Waals surface area contributed by atoms with Gasteiger partial charge in [-0.2, -0.15) is 0 Å². The molecule has 0 spiro atoms. The summed E-state index contributed by atoms with van der Waals surface area (Å²) in [5.41, 5.74) is 10.9. The Balaban J connectivity index is 1.19. The summed E-state index contributed by atoms with van der Waals surface area (Å²) < 4.78 is 5.13. The van der Waals surface area contributed by atoms with Crippen LogP contribution in [-0.4, -0.2) is 4.57 Å². The van der Waals surface area contributed by atoms with Gasteiger partial charge in [-0.3, -0.25) is 0 Å². The predicted octanol–water partition coefficient (Wildman–Crippen LogP) is 13.3. The summed E-state index contributed by atoms with van der Waals surface area (Å²) >= 11 is 1.88. The first-order valence-corrected chi connectivity index (χ1v) is 17.2. The van der Waals surface area contributed by atoms with Crippen LogP contribution in [0.3, 0.4) is 0 Å². The van der Waals surface area contributed by atoms with Gasteiger partial charge in [-0.15, -0.1) is 11.3 Å². The highest BCUT2D eigenvalue weighted by Crippen LogP contribution is 2.41. The van der Waals surface area contributed by atoms with Crippen molar-refractivity contribution in [1.82, 2.24) is 4.57 Å². The molecule has 0 aliphatic carbocycles. The highest BCUT2D eigenvalue weighted by atomic mass is 32.1. The Kier molecular flexibility index (Phi) is 6.12. The second-order valence-corrected chi connectivity index (χ2v) is 13.7. The van der Waals surface area contributed by atoms with Gasteiger partial charge < -0.3 is 4.57 Å². The van der Waals surface area contributed by atoms with Gasteiger partial charge in [0.05, 0.1) is 11.0 Å². The van der Waals surface area contributed by atoms with E-state index < -0.39 is 0 Å². The average Bonchev–Trinajstić information content (AvgIpc) is 3.68. The minimum Gasteiger partial charge on any atom is -0.309 e. The molecule has 1 nitrogen and oxygen atoms in total. The molecule has 2 aromatic heterocycles. The average molecular weight is 628 g/mol. The second kappa shape index (κ2) is 10.8. The standard InChI is InChI=1S/C46H29NS/c1-3-12-30(13-4-1)33-22-34(31-14-5-2-6-15-31)24-35(23-33)32-16-11-17-38(25-32)47-43-20-9-7-18-39(43)41-26-37-29-46-42(27-36(37)28-44(41)47)40-19-8-10-21-45(40)48-46/h1-29H. The molecule has 8 aromatic carbocycles. The van der Waals surface area contributed by atoms with Crippen LogP contribution in [0.2, 0.25) is 0 Å². The van der Waals surface area contributed by atoms with Gasteiger partial charge >= 0.3 is 0 Å². The number of benzene rings is 8. The number of para-hydroxylation sites is 1. The molecule has 0 saturated heterocycles. The van der Waals surface area contributed by atoms with Gasteiger partial charge in [0.1, 0.15) is 0 Å². The fourth-order valence-electron chi connectivity index (χ4n) is 7.43. The number of thiophene rings is 1. The lowest BCUT2D eigenvalue weighted by molar-refractivity contribution is 1.18. The Morgan fingerprint density at radius 1 is 0.312 bits per heavy atom. The van der Waals surface area contributed by atoms with Gasteiger partial charge in [0, 0.05) is 36.6 Å². The summed E-state index contributed by atoms with van der Waals surface area (Å²) in [6, 6.07) is 64.5. The molecule has 0 aliphatic rings. The minimum absolute atomic E-state index is 1.16. The number of rotatable bonds is 4. The molecule has 2 heterocycles. The maximum atomic E-state index is 2.45. The third-order valence-corrected chi connectivity index (χ3v) is 10.8. The molecule has 0 atom stereocenters. The van der Waals surface area contributed by atoms with Crippen LogP contribution >= 0.6 is 11.3 Å². The lowest BCUT2D eigenvalue weighted by atomic mass is 9.93. The summed E-state index contributed by atoms with van der Waals surface area (Å²) in [4.78, 5) is 0. The maximum absolute atomic E-state index is 2.45. The highest BCUT2D eigenvalue weighted by molar-refractivity contribution is 7.25. The van der Waals surface area contributed by atoms with Crippen molar-refractivity contribution in [3.8, 4) is 39.1 Å². The number of nitrogens with zero attached hydrogens (tertiary/aromatic N) is 1. The summed E-state index contributed by atoms with van der Waals surface area (Å²) in [6.45, 7) is 0. The topological polar surface area (TPSA) is 4.93 Å². The first-order chi connectivity index (χ1) is 23.8. The Bertz CT molecular complexity index is 2760. The molecule has 48 heavy (non-hydrogen) atoms. The van der Waals surface area contributed by atoms with Crippen molar-refractivity contribution in [3.05, 3.63) is 176 Å². The zero-order valence-electron chi connectivity index (χ0n) is 26.1. The van der Waals surface area contributed by atoms with Crippen LogP contribution < -0.4 is 0 Å². The third kappa shape index (κ3) is 4.38. The molecule has 10 rings (SSSR count). The Labute approximate surface area is 282 Å². The predicted molar refractivity (Wildman–Crippen MR) is 207 cm³/mol. The fraction of sp³-hybridized carbons (Fsp3) is 0. The third-order valence-electron chi connectivity index (χ3n) is 9.71. The van der Waals surface area contributed by atoms with Crippen molar-refractivity contribution < 1.29 is 0 Å². The van der Waals surface area contributed by atoms with E-state index in [-0.39, 0.29) is 0 Å². The van der Waals surface area contributed by atoms with E-state index in [9.17, 15) is 0 Å². The van der Waals surface area contributed by atoms with Crippen LogP contribution in [0.15, 0.2) is 176 Å². The van der Waals surface area contributed by atoms with E-state index in [0.29, 0.717) is 0 Å². The molecule has 0 N–H and O–H groups in total. The molecular weight excluding hydrogens is 599 g/mol. The van der Waals surface area contributed by atoms with E-state index in [1.54, 1.807) is 0 Å². The van der Waals surface area contributed by atoms with Crippen molar-refractivity contribution in [1.29, 1.82) is 0 Å². The number of hydrogen-bond acceptors (Lipinski definition) is 1. The molecule has 0 bridgehead atoms. The Morgan fingerprint density at radius 3 is 1.65 bits per heavy atom. The van der Waals surface area contributed by atoms with Crippen molar-refractivity contribution in [2.75, 3.05) is 0 Å². The van der Waals surface area contributed by atoms with E-state index in [1.165, 1.54) is 86.1 Å². The van der Waals surface area contributed by atoms with Gasteiger partial charge in [0.15, 0.2) is 0 Å². The summed E-state index contributed by atoms with van der Waals surface area (Å²) in [6.07, 6.45) is 0. The van der Waals surface area contributed by atoms with Gasteiger partial charge in [-0.1, -0.05) is 109 Å². The van der Waals surface area contributed by atoms with Crippen LogP contribution in [0, 0.1) is 0 Å². The van der Waals surface area contributed by atoms with Gasteiger partial charge in [-0.25, -0.2) is 0 Å². The largest absolute Gasteiger partial charge is 0.309 e. The Morgan fingerprint density at radius 2 is 0.896 bits per heavy atom. The van der Waals surface area contributed by atoms with Crippen LogP contribution in [0.5, 0.6) is 0 Å². The van der Waals surface area contributed by atoms with Crippen LogP contribution in [-0.2, 0) is 0 Å². The first kappa shape index (κ1) is 27.2. The minimum atomic E-state index is 1.16. The SMILES string of the molecule is c1ccc(-c2cc(-c3ccccc3)cc(-c3cccc(-n4c5ccccc5c5cc6cc7sc8ccccc8c7cc6cc54)c3)c2)cc1. The monoisotopic (exact) mass is 627 g/mol. The lowest BCUT2D eigenvalue weighted by Gasteiger charge is -2.14. The normalized spacial score (nSPS) is 11.8. The van der Waals surface area contributed by atoms with E-state index >= 15 is 0 Å². The molecule has 0 aliphatic heterocycles. The highest BCUT2D eigenvalue weighted by Gasteiger charge is 2.16. The summed E-state index contributed by atoms with van der Waals surface area (Å²) in [5, 5.41) is 7.77. The summed E-state index contributed by atoms with van der Waals surface area (Å²) in [5.74, 6) is 0. The molecule has 0 unspecified atom stereocenters. The molecule has 0 radical (unpaired) electrons. The molecule has 224 valence electrons. The van der Waals surface area contributed by atoms with Crippen molar-refractivity contribution in [3.63, 3.8) is 0 Å². The molecular formula is C46H29NS. The number of fused-ring (bicyclic) bond motifs is 7. The van der Waals surface area contributed by atoms with E-state index in [4.69, 9.17) is 0 Å². The van der Waals surface area contributed by atoms with E-state index in [2.05, 4.69) is 180 Å². The molecule has 0 fully saturated rings. The number of aromatic nitrogens is 1. The van der Waals surface area contributed by atoms with Crippen molar-refractivity contribution in [2.45, 2.75) is 0 Å². The van der Waals surface area contributed by atoms with Crippen LogP contribution in [0.25, 0.3) is 91.8 Å². The summed E-state index contributed by atoms with van der Waals surface area (Å²) in [7, 11) is 0. The zero-order valence-corrected chi connectivity index (χ0v) is 26.9. The van der Waals surface area contributed by atoms with Gasteiger partial charge in [0.25, 0.3) is 0 Å². The first-order valence-electron chi connectivity index (χ1n) is 16.4. The lowest BCUT2D eigenvalue weighted by Crippen LogP contribution is -1.94. The van der Waals surface area contributed by atoms with E-state index in [1.807, 2.05) is 11.3 Å². The second-order valence-electron chi connectivity index (χ2n) is 12.6. The molecule has 0 saturated carbocycles. The molecule has 0 amide bonds. The van der Waals surface area contributed by atoms with Gasteiger partial charge in [-0.05, 0) is 111 Å². The number of hydrogen-bond donors (Lipinski definition) is 0.